The summed E-state index contributed by atoms with van der Waals surface area (Å²) in [5.74, 6) is 0.0199. The van der Waals surface area contributed by atoms with Crippen LogP contribution in [0.2, 0.25) is 0 Å². The van der Waals surface area contributed by atoms with Crippen LogP contribution in [0.3, 0.4) is 0 Å². The molecule has 3 N–H and O–H groups in total. The molecule has 0 fully saturated rings. The minimum absolute atomic E-state index is 0.207. The van der Waals surface area contributed by atoms with Gasteiger partial charge in [0.1, 0.15) is 5.82 Å². The smallest absolute Gasteiger partial charge is 0.145 e. The maximum absolute atomic E-state index is 12.8. The van der Waals surface area contributed by atoms with E-state index in [1.807, 2.05) is 13.8 Å². The number of nitrogens with one attached hydrogen (secondary N) is 1. The average Bonchev–Trinajstić information content (AvgIpc) is 2.33. The van der Waals surface area contributed by atoms with Crippen LogP contribution in [0, 0.1) is 11.7 Å². The molecule has 0 aliphatic carbocycles. The lowest BCUT2D eigenvalue weighted by molar-refractivity contribution is 0.488. The van der Waals surface area contributed by atoms with Crippen LogP contribution in [0.5, 0.6) is 0 Å². The van der Waals surface area contributed by atoms with Crippen molar-refractivity contribution < 1.29 is 4.39 Å². The van der Waals surface area contributed by atoms with Gasteiger partial charge in [0.25, 0.3) is 0 Å². The van der Waals surface area contributed by atoms with Gasteiger partial charge in [-0.2, -0.15) is 0 Å². The van der Waals surface area contributed by atoms with E-state index in [2.05, 4.69) is 4.98 Å². The molecule has 0 saturated carbocycles. The first kappa shape index (κ1) is 8.27. The Morgan fingerprint density at radius 3 is 2.45 bits per heavy atom. The summed E-state index contributed by atoms with van der Waals surface area (Å²) < 4.78 is 12.8. The minimum Gasteiger partial charge on any atom is -0.365 e. The van der Waals surface area contributed by atoms with Crippen LogP contribution in [-0.4, -0.2) is 4.98 Å². The fourth-order valence-corrected chi connectivity index (χ4v) is 0.971. The van der Waals surface area contributed by atoms with Gasteiger partial charge in [0, 0.05) is 24.0 Å². The molecule has 2 nitrogen and oxygen atoms in total. The zero-order valence-corrected chi connectivity index (χ0v) is 6.76. The molecule has 0 aliphatic heterocycles. The van der Waals surface area contributed by atoms with Crippen LogP contribution < -0.4 is 5.73 Å². The second-order valence-electron chi connectivity index (χ2n) is 3.03. The van der Waals surface area contributed by atoms with Crippen LogP contribution in [-0.2, 0) is 0 Å². The second kappa shape index (κ2) is 3.05. The van der Waals surface area contributed by atoms with E-state index >= 15 is 0 Å². The third-order valence-electron chi connectivity index (χ3n) is 1.80. The predicted molar refractivity (Wildman–Crippen MR) is 42.5 cm³/mol. The van der Waals surface area contributed by atoms with Crippen molar-refractivity contribution in [3.05, 3.63) is 23.8 Å². The number of hydrogen-bond donors (Lipinski definition) is 2. The summed E-state index contributed by atoms with van der Waals surface area (Å²) in [4.78, 5) is 2.68. The molecule has 0 bridgehead atoms. The summed E-state index contributed by atoms with van der Waals surface area (Å²) in [6, 6.07) is -0.207. The van der Waals surface area contributed by atoms with E-state index in [1.165, 1.54) is 6.20 Å². The Hall–Kier alpha value is -0.830. The van der Waals surface area contributed by atoms with E-state index in [0.717, 1.165) is 0 Å². The number of halogens is 1. The maximum Gasteiger partial charge on any atom is 0.145 e. The molecule has 1 aromatic rings. The van der Waals surface area contributed by atoms with Gasteiger partial charge < -0.3 is 10.7 Å². The van der Waals surface area contributed by atoms with Crippen LogP contribution in [0.4, 0.5) is 4.39 Å². The summed E-state index contributed by atoms with van der Waals surface area (Å²) in [6.45, 7) is 3.94. The van der Waals surface area contributed by atoms with Crippen LogP contribution in [0.15, 0.2) is 12.4 Å². The van der Waals surface area contributed by atoms with Crippen molar-refractivity contribution in [1.29, 1.82) is 0 Å². The minimum atomic E-state index is -0.244. The third-order valence-corrected chi connectivity index (χ3v) is 1.80. The average molecular weight is 156 g/mol. The number of aromatic amines is 1. The number of nitrogens with two attached hydrogens (primary N) is 1. The van der Waals surface area contributed by atoms with Gasteiger partial charge in [0.05, 0.1) is 0 Å². The molecule has 0 amide bonds. The summed E-state index contributed by atoms with van der Waals surface area (Å²) in [5, 5.41) is 0. The highest BCUT2D eigenvalue weighted by molar-refractivity contribution is 5.16. The molecule has 62 valence electrons. The normalized spacial score (nSPS) is 13.9. The Morgan fingerprint density at radius 1 is 1.45 bits per heavy atom. The van der Waals surface area contributed by atoms with Gasteiger partial charge in [-0.15, -0.1) is 0 Å². The molecule has 0 unspecified atom stereocenters. The molecular formula is C8H13FN2. The molecule has 0 saturated heterocycles. The fourth-order valence-electron chi connectivity index (χ4n) is 0.971. The number of rotatable bonds is 2. The summed E-state index contributed by atoms with van der Waals surface area (Å²) in [7, 11) is 0. The molecule has 0 aliphatic rings. The number of H-pyrrole nitrogens is 1. The largest absolute Gasteiger partial charge is 0.365 e. The predicted octanol–water partition coefficient (Wildman–Crippen LogP) is 1.81. The van der Waals surface area contributed by atoms with Crippen molar-refractivity contribution in [2.75, 3.05) is 0 Å². The van der Waals surface area contributed by atoms with Crippen LogP contribution in [0.25, 0.3) is 0 Å². The highest BCUT2D eigenvalue weighted by Crippen LogP contribution is 2.20. The van der Waals surface area contributed by atoms with E-state index in [4.69, 9.17) is 5.73 Å². The van der Waals surface area contributed by atoms with E-state index in [-0.39, 0.29) is 17.8 Å². The summed E-state index contributed by atoms with van der Waals surface area (Å²) in [6.07, 6.45) is 2.93. The zero-order valence-electron chi connectivity index (χ0n) is 6.76. The maximum atomic E-state index is 12.8. The topological polar surface area (TPSA) is 41.8 Å². The van der Waals surface area contributed by atoms with Gasteiger partial charge in [-0.05, 0) is 5.92 Å². The lowest BCUT2D eigenvalue weighted by atomic mass is 9.99. The molecule has 11 heavy (non-hydrogen) atoms. The number of hydrogen-bond acceptors (Lipinski definition) is 1. The van der Waals surface area contributed by atoms with Gasteiger partial charge in [-0.1, -0.05) is 13.8 Å². The Labute approximate surface area is 65.6 Å². The lowest BCUT2D eigenvalue weighted by Crippen LogP contribution is -2.16. The van der Waals surface area contributed by atoms with Gasteiger partial charge >= 0.3 is 0 Å². The first-order valence-electron chi connectivity index (χ1n) is 3.70. The quantitative estimate of drug-likeness (QED) is 0.673. The second-order valence-corrected chi connectivity index (χ2v) is 3.03. The molecule has 0 spiro atoms. The van der Waals surface area contributed by atoms with Crippen molar-refractivity contribution in [3.63, 3.8) is 0 Å². The molecule has 3 heteroatoms. The van der Waals surface area contributed by atoms with Crippen molar-refractivity contribution in [2.45, 2.75) is 19.9 Å². The van der Waals surface area contributed by atoms with E-state index in [0.29, 0.717) is 5.56 Å². The van der Waals surface area contributed by atoms with Gasteiger partial charge in [0.15, 0.2) is 0 Å². The van der Waals surface area contributed by atoms with Crippen molar-refractivity contribution in [1.82, 2.24) is 4.98 Å². The zero-order chi connectivity index (χ0) is 8.43. The first-order chi connectivity index (χ1) is 5.13. The Morgan fingerprint density at radius 2 is 2.09 bits per heavy atom. The molecule has 0 radical (unpaired) electrons. The summed E-state index contributed by atoms with van der Waals surface area (Å²) >= 11 is 0. The highest BCUT2D eigenvalue weighted by Gasteiger charge is 2.14. The third kappa shape index (κ3) is 1.60. The van der Waals surface area contributed by atoms with E-state index < -0.39 is 0 Å². The molecule has 0 aromatic carbocycles. The lowest BCUT2D eigenvalue weighted by Gasteiger charge is -2.13. The fraction of sp³-hybridized carbons (Fsp3) is 0.500. The molecule has 1 rings (SSSR count). The molecule has 1 aromatic heterocycles. The van der Waals surface area contributed by atoms with Crippen molar-refractivity contribution >= 4 is 0 Å². The standard InChI is InChI=1S/C8H13FN2/c1-5(2)8(10)6-3-11-4-7(6)9/h3-5,8,11H,10H2,1-2H3/t8-/m0/s1. The van der Waals surface area contributed by atoms with Gasteiger partial charge in [0.2, 0.25) is 0 Å². The van der Waals surface area contributed by atoms with Gasteiger partial charge in [-0.3, -0.25) is 0 Å². The number of aromatic nitrogens is 1. The SMILES string of the molecule is CC(C)[C@H](N)c1c[nH]cc1F. The van der Waals surface area contributed by atoms with E-state index in [1.54, 1.807) is 6.20 Å². The molecule has 1 atom stereocenters. The monoisotopic (exact) mass is 156 g/mol. The van der Waals surface area contributed by atoms with E-state index in [9.17, 15) is 4.39 Å². The first-order valence-corrected chi connectivity index (χ1v) is 3.70. The van der Waals surface area contributed by atoms with Gasteiger partial charge in [-0.25, -0.2) is 4.39 Å². The Balaban J connectivity index is 2.84. The highest BCUT2D eigenvalue weighted by atomic mass is 19.1. The van der Waals surface area contributed by atoms with Crippen molar-refractivity contribution in [2.24, 2.45) is 11.7 Å². The van der Waals surface area contributed by atoms with Crippen LogP contribution in [0.1, 0.15) is 25.5 Å². The summed E-state index contributed by atoms with van der Waals surface area (Å²) in [5.41, 5.74) is 6.29. The molecular weight excluding hydrogens is 143 g/mol. The van der Waals surface area contributed by atoms with Crippen LogP contribution >= 0.6 is 0 Å². The Bertz CT molecular complexity index is 230. The Kier molecular flexibility index (Phi) is 2.29. The molecule has 1 heterocycles. The van der Waals surface area contributed by atoms with Crippen molar-refractivity contribution in [3.8, 4) is 0 Å².